The topological polar surface area (TPSA) is 26.0 Å². The minimum Gasteiger partial charge on any atom is -0.330 e. The molecule has 2 rings (SSSR count). The monoisotopic (exact) mass is 281 g/mol. The minimum absolute atomic E-state index is 0.509. The Morgan fingerprint density at radius 2 is 1.95 bits per heavy atom. The fourth-order valence-electron chi connectivity index (χ4n) is 3.62. The second-order valence-electron chi connectivity index (χ2n) is 6.18. The maximum absolute atomic E-state index is 13.3. The highest BCUT2D eigenvalue weighted by Gasteiger charge is 2.29. The van der Waals surface area contributed by atoms with Crippen LogP contribution in [-0.2, 0) is 6.42 Å². The third-order valence-corrected chi connectivity index (χ3v) is 4.73. The van der Waals surface area contributed by atoms with Crippen LogP contribution >= 0.6 is 0 Å². The Bertz CT molecular complexity index is 433. The summed E-state index contributed by atoms with van der Waals surface area (Å²) in [5.74, 6) is 0.300. The second-order valence-corrected chi connectivity index (χ2v) is 6.18. The van der Waals surface area contributed by atoms with Gasteiger partial charge in [-0.2, -0.15) is 0 Å². The molecule has 0 radical (unpaired) electrons. The Hall–Kier alpha value is -0.960. The third-order valence-electron chi connectivity index (χ3n) is 4.73. The smallest absolute Gasteiger partial charge is 0.159 e. The standard InChI is InChI=1S/C17H25F2N/c1-2-3-12-4-6-14(11-20)15(8-12)9-13-5-7-16(18)17(19)10-13/h5,7,10,12,14-15H,2-4,6,8-9,11,20H2,1H3. The summed E-state index contributed by atoms with van der Waals surface area (Å²) in [7, 11) is 0. The van der Waals surface area contributed by atoms with Gasteiger partial charge in [0.1, 0.15) is 0 Å². The summed E-state index contributed by atoms with van der Waals surface area (Å²) in [6.45, 7) is 2.92. The zero-order valence-corrected chi connectivity index (χ0v) is 12.2. The highest BCUT2D eigenvalue weighted by atomic mass is 19.2. The molecule has 1 fully saturated rings. The zero-order valence-electron chi connectivity index (χ0n) is 12.2. The number of benzene rings is 1. The molecule has 1 aromatic rings. The normalized spacial score (nSPS) is 26.7. The van der Waals surface area contributed by atoms with E-state index in [-0.39, 0.29) is 0 Å². The van der Waals surface area contributed by atoms with Gasteiger partial charge in [0.25, 0.3) is 0 Å². The van der Waals surface area contributed by atoms with Crippen LogP contribution in [0.1, 0.15) is 44.6 Å². The number of nitrogens with two attached hydrogens (primary N) is 1. The lowest BCUT2D eigenvalue weighted by molar-refractivity contribution is 0.175. The molecule has 0 aliphatic heterocycles. The highest BCUT2D eigenvalue weighted by molar-refractivity contribution is 5.18. The van der Waals surface area contributed by atoms with Gasteiger partial charge < -0.3 is 5.73 Å². The average molecular weight is 281 g/mol. The van der Waals surface area contributed by atoms with Crippen LogP contribution in [0.15, 0.2) is 18.2 Å². The van der Waals surface area contributed by atoms with Gasteiger partial charge >= 0.3 is 0 Å². The molecule has 0 heterocycles. The lowest BCUT2D eigenvalue weighted by Gasteiger charge is -2.36. The molecule has 0 saturated heterocycles. The Labute approximate surface area is 120 Å². The molecule has 3 unspecified atom stereocenters. The molecule has 3 atom stereocenters. The molecule has 0 amide bonds. The van der Waals surface area contributed by atoms with Crippen molar-refractivity contribution in [3.05, 3.63) is 35.4 Å². The van der Waals surface area contributed by atoms with E-state index in [0.29, 0.717) is 18.4 Å². The lowest BCUT2D eigenvalue weighted by atomic mass is 9.70. The summed E-state index contributed by atoms with van der Waals surface area (Å²) in [5.41, 5.74) is 6.78. The molecule has 20 heavy (non-hydrogen) atoms. The van der Waals surface area contributed by atoms with Crippen molar-refractivity contribution in [1.82, 2.24) is 0 Å². The molecule has 3 heteroatoms. The van der Waals surface area contributed by atoms with Crippen LogP contribution in [0.4, 0.5) is 8.78 Å². The Morgan fingerprint density at radius 1 is 1.15 bits per heavy atom. The predicted octanol–water partition coefficient (Wildman–Crippen LogP) is 4.30. The average Bonchev–Trinajstić information content (AvgIpc) is 2.44. The van der Waals surface area contributed by atoms with Gasteiger partial charge in [0.2, 0.25) is 0 Å². The summed E-state index contributed by atoms with van der Waals surface area (Å²) in [6, 6.07) is 4.27. The maximum atomic E-state index is 13.3. The van der Waals surface area contributed by atoms with E-state index in [1.807, 2.05) is 0 Å². The number of hydrogen-bond donors (Lipinski definition) is 1. The fraction of sp³-hybridized carbons (Fsp3) is 0.647. The third kappa shape index (κ3) is 3.78. The van der Waals surface area contributed by atoms with E-state index in [4.69, 9.17) is 5.73 Å². The summed E-state index contributed by atoms with van der Waals surface area (Å²) >= 11 is 0. The van der Waals surface area contributed by atoms with E-state index in [1.165, 1.54) is 44.2 Å². The van der Waals surface area contributed by atoms with E-state index < -0.39 is 11.6 Å². The van der Waals surface area contributed by atoms with Gasteiger partial charge in [-0.3, -0.25) is 0 Å². The molecule has 1 aliphatic rings. The second kappa shape index (κ2) is 7.16. The first kappa shape index (κ1) is 15.4. The Morgan fingerprint density at radius 3 is 2.60 bits per heavy atom. The fourth-order valence-corrected chi connectivity index (χ4v) is 3.62. The van der Waals surface area contributed by atoms with Gasteiger partial charge in [0, 0.05) is 0 Å². The SMILES string of the molecule is CCCC1CCC(CN)C(Cc2ccc(F)c(F)c2)C1. The molecule has 1 nitrogen and oxygen atoms in total. The first-order valence-electron chi connectivity index (χ1n) is 7.78. The van der Waals surface area contributed by atoms with E-state index >= 15 is 0 Å². The van der Waals surface area contributed by atoms with Gasteiger partial charge in [0.15, 0.2) is 11.6 Å². The van der Waals surface area contributed by atoms with Crippen molar-refractivity contribution in [1.29, 1.82) is 0 Å². The van der Waals surface area contributed by atoms with Crippen molar-refractivity contribution in [2.75, 3.05) is 6.54 Å². The largest absolute Gasteiger partial charge is 0.330 e. The Balaban J connectivity index is 2.04. The number of rotatable bonds is 5. The number of hydrogen-bond acceptors (Lipinski definition) is 1. The molecule has 2 N–H and O–H groups in total. The predicted molar refractivity (Wildman–Crippen MR) is 78.3 cm³/mol. The first-order valence-corrected chi connectivity index (χ1v) is 7.78. The lowest BCUT2D eigenvalue weighted by Crippen LogP contribution is -2.31. The summed E-state index contributed by atoms with van der Waals surface area (Å²) in [5, 5.41) is 0. The van der Waals surface area contributed by atoms with Crippen LogP contribution in [-0.4, -0.2) is 6.54 Å². The molecule has 1 saturated carbocycles. The highest BCUT2D eigenvalue weighted by Crippen LogP contribution is 2.37. The molecule has 112 valence electrons. The quantitative estimate of drug-likeness (QED) is 0.855. The molecular weight excluding hydrogens is 256 g/mol. The van der Waals surface area contributed by atoms with Crippen LogP contribution < -0.4 is 5.73 Å². The number of halogens is 2. The zero-order chi connectivity index (χ0) is 14.5. The van der Waals surface area contributed by atoms with Crippen molar-refractivity contribution < 1.29 is 8.78 Å². The van der Waals surface area contributed by atoms with Gasteiger partial charge in [0.05, 0.1) is 0 Å². The van der Waals surface area contributed by atoms with Crippen molar-refractivity contribution in [3.8, 4) is 0 Å². The van der Waals surface area contributed by atoms with Gasteiger partial charge in [-0.1, -0.05) is 32.3 Å². The molecule has 0 spiro atoms. The molecule has 0 aromatic heterocycles. The van der Waals surface area contributed by atoms with Gasteiger partial charge in [-0.25, -0.2) is 8.78 Å². The van der Waals surface area contributed by atoms with E-state index in [1.54, 1.807) is 6.07 Å². The van der Waals surface area contributed by atoms with Crippen molar-refractivity contribution in [2.24, 2.45) is 23.5 Å². The van der Waals surface area contributed by atoms with E-state index in [0.717, 1.165) is 17.9 Å². The molecule has 1 aliphatic carbocycles. The van der Waals surface area contributed by atoms with Crippen LogP contribution in [0.3, 0.4) is 0 Å². The van der Waals surface area contributed by atoms with Crippen LogP contribution in [0.5, 0.6) is 0 Å². The van der Waals surface area contributed by atoms with Gasteiger partial charge in [-0.05, 0) is 61.3 Å². The first-order chi connectivity index (χ1) is 9.63. The van der Waals surface area contributed by atoms with Crippen molar-refractivity contribution >= 4 is 0 Å². The minimum atomic E-state index is -0.767. The van der Waals surface area contributed by atoms with E-state index in [2.05, 4.69) is 6.92 Å². The van der Waals surface area contributed by atoms with Crippen LogP contribution in [0.2, 0.25) is 0 Å². The Kier molecular flexibility index (Phi) is 5.53. The van der Waals surface area contributed by atoms with Crippen molar-refractivity contribution in [3.63, 3.8) is 0 Å². The summed E-state index contributed by atoms with van der Waals surface area (Å²) in [4.78, 5) is 0. The van der Waals surface area contributed by atoms with E-state index in [9.17, 15) is 8.78 Å². The van der Waals surface area contributed by atoms with Gasteiger partial charge in [-0.15, -0.1) is 0 Å². The molecular formula is C17H25F2N. The molecule has 0 bridgehead atoms. The summed E-state index contributed by atoms with van der Waals surface area (Å²) in [6.07, 6.45) is 6.93. The van der Waals surface area contributed by atoms with Crippen LogP contribution in [0, 0.1) is 29.4 Å². The maximum Gasteiger partial charge on any atom is 0.159 e. The summed E-state index contributed by atoms with van der Waals surface area (Å²) < 4.78 is 26.3. The van der Waals surface area contributed by atoms with Crippen molar-refractivity contribution in [2.45, 2.75) is 45.4 Å². The molecule has 1 aromatic carbocycles. The van der Waals surface area contributed by atoms with Crippen LogP contribution in [0.25, 0.3) is 0 Å².